The molecule has 2 saturated heterocycles. The Kier molecular flexibility index (Phi) is 6.58. The van der Waals surface area contributed by atoms with E-state index in [2.05, 4.69) is 21.0 Å². The molecule has 4 unspecified atom stereocenters. The molecule has 0 aromatic heterocycles. The fraction of sp³-hybridized carbons (Fsp3) is 0.696. The van der Waals surface area contributed by atoms with Gasteiger partial charge in [0.2, 0.25) is 0 Å². The molecule has 0 amide bonds. The Hall–Kier alpha value is -2.00. The zero-order valence-corrected chi connectivity index (χ0v) is 18.3. The Labute approximate surface area is 174 Å². The van der Waals surface area contributed by atoms with Crippen LogP contribution >= 0.6 is 0 Å². The van der Waals surface area contributed by atoms with Gasteiger partial charge in [-0.05, 0) is 77.5 Å². The van der Waals surface area contributed by atoms with Crippen LogP contribution in [-0.2, 0) is 4.74 Å². The maximum atomic E-state index is 13.8. The highest BCUT2D eigenvalue weighted by Gasteiger charge is 2.52. The highest BCUT2D eigenvalue weighted by Crippen LogP contribution is 2.46. The number of halogens is 1. The summed E-state index contributed by atoms with van der Waals surface area (Å²) >= 11 is 0. The van der Waals surface area contributed by atoms with Crippen LogP contribution in [0.4, 0.5) is 4.39 Å². The number of piperidine rings is 1. The lowest BCUT2D eigenvalue weighted by molar-refractivity contribution is -0.0540. The van der Waals surface area contributed by atoms with Gasteiger partial charge in [-0.2, -0.15) is 5.26 Å². The molecule has 0 aromatic carbocycles. The average molecular weight is 401 g/mol. The molecule has 2 aliphatic heterocycles. The zero-order valence-electron chi connectivity index (χ0n) is 18.3. The highest BCUT2D eigenvalue weighted by molar-refractivity contribution is 5.95. The van der Waals surface area contributed by atoms with E-state index in [0.29, 0.717) is 42.7 Å². The number of allylic oxidation sites excluding steroid dienone is 4. The molecule has 0 radical (unpaired) electrons. The summed E-state index contributed by atoms with van der Waals surface area (Å²) in [6.07, 6.45) is 8.77. The molecular weight excluding hydrogens is 367 g/mol. The van der Waals surface area contributed by atoms with E-state index >= 15 is 0 Å². The first-order valence-electron chi connectivity index (χ1n) is 10.6. The minimum Gasteiger partial charge on any atom is -0.374 e. The lowest BCUT2D eigenvalue weighted by atomic mass is 9.89. The summed E-state index contributed by atoms with van der Waals surface area (Å²) in [6, 6.07) is 2.71. The van der Waals surface area contributed by atoms with Crippen LogP contribution in [0.5, 0.6) is 0 Å². The van der Waals surface area contributed by atoms with Gasteiger partial charge in [-0.3, -0.25) is 4.99 Å². The Morgan fingerprint density at radius 2 is 2.07 bits per heavy atom. The maximum Gasteiger partial charge on any atom is 0.142 e. The summed E-state index contributed by atoms with van der Waals surface area (Å²) in [5, 5.41) is 9.59. The smallest absolute Gasteiger partial charge is 0.142 e. The molecule has 3 aliphatic rings. The minimum atomic E-state index is -1.22. The van der Waals surface area contributed by atoms with Gasteiger partial charge in [0, 0.05) is 31.3 Å². The molecule has 1 aliphatic carbocycles. The standard InChI is InChI=1S/C23H33FN4O/c1-15(10-17(26-5)6-8-23(3,4)24)11-18(14-25)27-16(2)28-9-7-22-20-12-19(29-22)13-21(20)28/h10-11,19-22H,6-9,12-13H2,1-5H3/b15-10+,18-11-,26-17?,27-16?. The van der Waals surface area contributed by atoms with E-state index in [9.17, 15) is 9.65 Å². The van der Waals surface area contributed by atoms with Gasteiger partial charge in [-0.15, -0.1) is 0 Å². The van der Waals surface area contributed by atoms with Crippen LogP contribution in [0.25, 0.3) is 0 Å². The molecule has 3 rings (SSSR count). The van der Waals surface area contributed by atoms with Crippen molar-refractivity contribution in [2.45, 2.75) is 83.7 Å². The van der Waals surface area contributed by atoms with Gasteiger partial charge in [-0.1, -0.05) is 0 Å². The largest absolute Gasteiger partial charge is 0.374 e. The number of ether oxygens (including phenoxy) is 1. The van der Waals surface area contributed by atoms with Crippen molar-refractivity contribution in [3.05, 3.63) is 23.4 Å². The Bertz CT molecular complexity index is 784. The number of aliphatic imine (C=N–C) groups is 2. The normalized spacial score (nSPS) is 30.7. The second kappa shape index (κ2) is 8.79. The van der Waals surface area contributed by atoms with E-state index < -0.39 is 5.67 Å². The number of fused-ring (bicyclic) bond motifs is 1. The average Bonchev–Trinajstić information content (AvgIpc) is 3.25. The van der Waals surface area contributed by atoms with Gasteiger partial charge in [0.1, 0.15) is 23.3 Å². The lowest BCUT2D eigenvalue weighted by Gasteiger charge is -2.44. The molecule has 29 heavy (non-hydrogen) atoms. The minimum absolute atomic E-state index is 0.388. The van der Waals surface area contributed by atoms with Gasteiger partial charge in [-0.25, -0.2) is 9.38 Å². The second-order valence-corrected chi connectivity index (χ2v) is 9.10. The van der Waals surface area contributed by atoms with Crippen molar-refractivity contribution in [3.63, 3.8) is 0 Å². The van der Waals surface area contributed by atoms with E-state index in [1.165, 1.54) is 0 Å². The topological polar surface area (TPSA) is 61.0 Å². The predicted molar refractivity (Wildman–Crippen MR) is 115 cm³/mol. The molecule has 4 atom stereocenters. The van der Waals surface area contributed by atoms with Gasteiger partial charge >= 0.3 is 0 Å². The number of nitriles is 1. The fourth-order valence-electron chi connectivity index (χ4n) is 4.86. The van der Waals surface area contributed by atoms with E-state index in [4.69, 9.17) is 4.74 Å². The second-order valence-electron chi connectivity index (χ2n) is 9.10. The van der Waals surface area contributed by atoms with Crippen molar-refractivity contribution in [2.75, 3.05) is 13.6 Å². The summed E-state index contributed by atoms with van der Waals surface area (Å²) < 4.78 is 19.8. The third-order valence-electron chi connectivity index (χ3n) is 6.27. The zero-order chi connectivity index (χ0) is 21.2. The van der Waals surface area contributed by atoms with Crippen LogP contribution in [0.3, 0.4) is 0 Å². The molecule has 0 spiro atoms. The van der Waals surface area contributed by atoms with Crippen LogP contribution in [-0.4, -0.2) is 54.0 Å². The highest BCUT2D eigenvalue weighted by atomic mass is 19.1. The molecule has 2 bridgehead atoms. The van der Waals surface area contributed by atoms with Gasteiger partial charge < -0.3 is 9.64 Å². The number of amidine groups is 1. The van der Waals surface area contributed by atoms with Gasteiger partial charge in [0.05, 0.1) is 12.2 Å². The van der Waals surface area contributed by atoms with Crippen molar-refractivity contribution in [1.82, 2.24) is 4.90 Å². The number of hydrogen-bond acceptors (Lipinski definition) is 4. The van der Waals surface area contributed by atoms with Crippen LogP contribution < -0.4 is 0 Å². The third-order valence-corrected chi connectivity index (χ3v) is 6.27. The number of hydrogen-bond donors (Lipinski definition) is 0. The Morgan fingerprint density at radius 3 is 2.69 bits per heavy atom. The lowest BCUT2D eigenvalue weighted by Crippen LogP contribution is -2.52. The van der Waals surface area contributed by atoms with E-state index in [0.717, 1.165) is 42.9 Å². The summed E-state index contributed by atoms with van der Waals surface area (Å²) in [7, 11) is 1.71. The summed E-state index contributed by atoms with van der Waals surface area (Å²) in [5.74, 6) is 1.52. The molecule has 6 heteroatoms. The molecule has 0 N–H and O–H groups in total. The van der Waals surface area contributed by atoms with Crippen molar-refractivity contribution < 1.29 is 9.13 Å². The summed E-state index contributed by atoms with van der Waals surface area (Å²) in [6.45, 7) is 8.01. The molecule has 0 aromatic rings. The van der Waals surface area contributed by atoms with E-state index in [1.807, 2.05) is 19.9 Å². The van der Waals surface area contributed by atoms with E-state index in [-0.39, 0.29) is 0 Å². The number of likely N-dealkylation sites (tertiary alicyclic amines) is 1. The van der Waals surface area contributed by atoms with Gasteiger partial charge in [0.25, 0.3) is 0 Å². The Balaban J connectivity index is 1.69. The summed E-state index contributed by atoms with van der Waals surface area (Å²) in [4.78, 5) is 11.3. The number of nitrogens with zero attached hydrogens (tertiary/aromatic N) is 4. The Morgan fingerprint density at radius 1 is 1.31 bits per heavy atom. The first-order valence-corrected chi connectivity index (χ1v) is 10.6. The van der Waals surface area contributed by atoms with Crippen molar-refractivity contribution in [1.29, 1.82) is 5.26 Å². The number of rotatable bonds is 6. The molecule has 158 valence electrons. The van der Waals surface area contributed by atoms with Crippen molar-refractivity contribution >= 4 is 11.5 Å². The molecule has 2 heterocycles. The predicted octanol–water partition coefficient (Wildman–Crippen LogP) is 4.61. The van der Waals surface area contributed by atoms with Crippen molar-refractivity contribution in [3.8, 4) is 6.07 Å². The first kappa shape index (κ1) is 21.7. The fourth-order valence-corrected chi connectivity index (χ4v) is 4.86. The number of alkyl halides is 1. The van der Waals surface area contributed by atoms with Crippen LogP contribution in [0.2, 0.25) is 0 Å². The van der Waals surface area contributed by atoms with Gasteiger partial charge in [0.15, 0.2) is 0 Å². The molecular formula is C23H33FN4O. The van der Waals surface area contributed by atoms with Crippen LogP contribution in [0.1, 0.15) is 59.8 Å². The first-order chi connectivity index (χ1) is 13.7. The van der Waals surface area contributed by atoms with E-state index in [1.54, 1.807) is 27.0 Å². The SMILES string of the molecule is CN=C(/C=C(C)/C=C(/C#N)N=C(C)N1CCC2OC3CC2C1C3)CCC(C)(C)F. The maximum absolute atomic E-state index is 13.8. The molecule has 5 nitrogen and oxygen atoms in total. The van der Waals surface area contributed by atoms with Crippen LogP contribution in [0, 0.1) is 17.2 Å². The quantitative estimate of drug-likeness (QED) is 0.283. The summed E-state index contributed by atoms with van der Waals surface area (Å²) in [5.41, 5.74) is 0.887. The molecule has 1 saturated carbocycles. The third kappa shape index (κ3) is 5.33. The monoisotopic (exact) mass is 400 g/mol. The molecule has 3 fully saturated rings. The van der Waals surface area contributed by atoms with Crippen LogP contribution in [0.15, 0.2) is 33.4 Å². The van der Waals surface area contributed by atoms with Crippen molar-refractivity contribution in [2.24, 2.45) is 15.9 Å².